The van der Waals surface area contributed by atoms with Crippen LogP contribution in [-0.4, -0.2) is 15.4 Å². The van der Waals surface area contributed by atoms with E-state index in [2.05, 4.69) is 0 Å². The summed E-state index contributed by atoms with van der Waals surface area (Å²) < 4.78 is 13.0. The van der Waals surface area contributed by atoms with Crippen molar-refractivity contribution in [1.82, 2.24) is 9.47 Å². The van der Waals surface area contributed by atoms with Gasteiger partial charge in [-0.05, 0) is 37.6 Å². The molecule has 1 atom stereocenters. The maximum absolute atomic E-state index is 12.9. The normalized spacial score (nSPS) is 16.1. The summed E-state index contributed by atoms with van der Waals surface area (Å²) in [5.74, 6) is 1.51. The highest BCUT2D eigenvalue weighted by molar-refractivity contribution is 8.04. The summed E-state index contributed by atoms with van der Waals surface area (Å²) in [5.41, 5.74) is 6.61. The molecule has 0 fully saturated rings. The highest BCUT2D eigenvalue weighted by Gasteiger charge is 2.35. The van der Waals surface area contributed by atoms with Crippen LogP contribution in [0.5, 0.6) is 5.75 Å². The van der Waals surface area contributed by atoms with Crippen LogP contribution in [0.1, 0.15) is 29.5 Å². The molecule has 3 aromatic rings. The van der Waals surface area contributed by atoms with Crippen molar-refractivity contribution in [3.05, 3.63) is 98.8 Å². The summed E-state index contributed by atoms with van der Waals surface area (Å²) in [4.78, 5) is 27.2. The molecule has 2 N–H and O–H groups in total. The van der Waals surface area contributed by atoms with Crippen LogP contribution in [0.15, 0.2) is 80.6 Å². The van der Waals surface area contributed by atoms with Crippen molar-refractivity contribution in [2.75, 3.05) is 0 Å². The fourth-order valence-corrected chi connectivity index (χ4v) is 4.68. The molecule has 0 bridgehead atoms. The zero-order chi connectivity index (χ0) is 22.0. The molecule has 0 aliphatic carbocycles. The number of aromatic nitrogens is 1. The standard InChI is InChI=1S/C23H23N3O4S/c1-15-8-9-19(30-15)13-26-16(2)21(22(24)28)31-23(26)25-11-10-18(12-20(25)27)29-14-17-6-4-3-5-7-17/h3-12,23H,13-14H2,1-2H3,(H2,24,28). The number of nitrogens with two attached hydrogens (primary N) is 1. The van der Waals surface area contributed by atoms with Gasteiger partial charge in [-0.2, -0.15) is 0 Å². The second kappa shape index (κ2) is 8.77. The van der Waals surface area contributed by atoms with Crippen molar-refractivity contribution < 1.29 is 13.9 Å². The Kier molecular flexibility index (Phi) is 5.90. The van der Waals surface area contributed by atoms with Gasteiger partial charge < -0.3 is 19.8 Å². The monoisotopic (exact) mass is 437 g/mol. The molecular formula is C23H23N3O4S. The summed E-state index contributed by atoms with van der Waals surface area (Å²) in [6, 6.07) is 16.7. The number of carbonyl (C=O) groups is 1. The maximum atomic E-state index is 12.9. The van der Waals surface area contributed by atoms with Crippen LogP contribution >= 0.6 is 11.8 Å². The molecule has 0 saturated carbocycles. The molecule has 4 rings (SSSR count). The second-order valence-electron chi connectivity index (χ2n) is 7.25. The van der Waals surface area contributed by atoms with Gasteiger partial charge in [0.1, 0.15) is 23.9 Å². The molecule has 1 aliphatic heterocycles. The number of allylic oxidation sites excluding steroid dienone is 1. The van der Waals surface area contributed by atoms with Crippen LogP contribution in [0.2, 0.25) is 0 Å². The molecule has 1 aromatic carbocycles. The molecule has 1 amide bonds. The number of amides is 1. The van der Waals surface area contributed by atoms with Crippen molar-refractivity contribution in [2.24, 2.45) is 5.73 Å². The van der Waals surface area contributed by atoms with Crippen LogP contribution in [0.3, 0.4) is 0 Å². The van der Waals surface area contributed by atoms with E-state index in [4.69, 9.17) is 14.9 Å². The third-order valence-electron chi connectivity index (χ3n) is 5.00. The van der Waals surface area contributed by atoms with Gasteiger partial charge in [0.2, 0.25) is 0 Å². The second-order valence-corrected chi connectivity index (χ2v) is 8.31. The van der Waals surface area contributed by atoms with E-state index in [1.165, 1.54) is 17.8 Å². The number of aryl methyl sites for hydroxylation is 1. The van der Waals surface area contributed by atoms with Gasteiger partial charge in [-0.15, -0.1) is 0 Å². The number of ether oxygens (including phenoxy) is 1. The highest BCUT2D eigenvalue weighted by Crippen LogP contribution is 2.44. The molecule has 3 heterocycles. The number of benzene rings is 1. The van der Waals surface area contributed by atoms with Crippen LogP contribution < -0.4 is 16.0 Å². The lowest BCUT2D eigenvalue weighted by molar-refractivity contribution is -0.114. The fourth-order valence-electron chi connectivity index (χ4n) is 3.41. The average molecular weight is 438 g/mol. The summed E-state index contributed by atoms with van der Waals surface area (Å²) in [7, 11) is 0. The number of hydrogen-bond acceptors (Lipinski definition) is 6. The largest absolute Gasteiger partial charge is 0.489 e. The van der Waals surface area contributed by atoms with Gasteiger partial charge in [0.15, 0.2) is 5.50 Å². The minimum Gasteiger partial charge on any atom is -0.489 e. The third kappa shape index (κ3) is 4.54. The topological polar surface area (TPSA) is 90.7 Å². The van der Waals surface area contributed by atoms with Crippen LogP contribution in [0.25, 0.3) is 0 Å². The zero-order valence-corrected chi connectivity index (χ0v) is 18.1. The SMILES string of the molecule is CC1=C(C(N)=O)SC(n2ccc(OCc3ccccc3)cc2=O)N1Cc1ccc(C)o1. The lowest BCUT2D eigenvalue weighted by Crippen LogP contribution is -2.31. The Bertz CT molecular complexity index is 1180. The third-order valence-corrected chi connectivity index (χ3v) is 6.43. The van der Waals surface area contributed by atoms with Crippen molar-refractivity contribution in [2.45, 2.75) is 32.5 Å². The Balaban J connectivity index is 1.57. The van der Waals surface area contributed by atoms with Gasteiger partial charge >= 0.3 is 0 Å². The summed E-state index contributed by atoms with van der Waals surface area (Å²) in [5, 5.41) is 0. The van der Waals surface area contributed by atoms with E-state index >= 15 is 0 Å². The van der Waals surface area contributed by atoms with E-state index in [0.717, 1.165) is 17.1 Å². The first-order valence-corrected chi connectivity index (χ1v) is 10.7. The van der Waals surface area contributed by atoms with E-state index in [1.807, 2.05) is 61.2 Å². The maximum Gasteiger partial charge on any atom is 0.257 e. The van der Waals surface area contributed by atoms with E-state index in [0.29, 0.717) is 29.5 Å². The molecule has 2 aromatic heterocycles. The fraction of sp³-hybridized carbons (Fsp3) is 0.217. The van der Waals surface area contributed by atoms with Crippen molar-refractivity contribution in [1.29, 1.82) is 0 Å². The first-order chi connectivity index (χ1) is 14.9. The van der Waals surface area contributed by atoms with Gasteiger partial charge in [-0.25, -0.2) is 0 Å². The van der Waals surface area contributed by atoms with E-state index in [1.54, 1.807) is 16.8 Å². The van der Waals surface area contributed by atoms with Crippen LogP contribution in [0.4, 0.5) is 0 Å². The van der Waals surface area contributed by atoms with Gasteiger partial charge in [0, 0.05) is 18.0 Å². The van der Waals surface area contributed by atoms with Gasteiger partial charge in [-0.3, -0.25) is 14.2 Å². The lowest BCUT2D eigenvalue weighted by Gasteiger charge is -2.28. The van der Waals surface area contributed by atoms with E-state index in [-0.39, 0.29) is 5.56 Å². The molecule has 1 unspecified atom stereocenters. The van der Waals surface area contributed by atoms with E-state index in [9.17, 15) is 9.59 Å². The Morgan fingerprint density at radius 3 is 2.58 bits per heavy atom. The summed E-state index contributed by atoms with van der Waals surface area (Å²) >= 11 is 1.26. The van der Waals surface area contributed by atoms with Crippen LogP contribution in [-0.2, 0) is 17.9 Å². The zero-order valence-electron chi connectivity index (χ0n) is 17.3. The Labute approximate surface area is 184 Å². The predicted octanol–water partition coefficient (Wildman–Crippen LogP) is 3.75. The minimum atomic E-state index is -0.513. The number of carbonyl (C=O) groups excluding carboxylic acids is 1. The van der Waals surface area contributed by atoms with E-state index < -0.39 is 11.4 Å². The number of nitrogens with zero attached hydrogens (tertiary/aromatic N) is 2. The first-order valence-electron chi connectivity index (χ1n) is 9.80. The molecule has 7 nitrogen and oxygen atoms in total. The number of furan rings is 1. The number of pyridine rings is 1. The first kappa shape index (κ1) is 20.9. The quantitative estimate of drug-likeness (QED) is 0.605. The Morgan fingerprint density at radius 2 is 1.94 bits per heavy atom. The molecular weight excluding hydrogens is 414 g/mol. The highest BCUT2D eigenvalue weighted by atomic mass is 32.2. The molecule has 8 heteroatoms. The van der Waals surface area contributed by atoms with Gasteiger partial charge in [0.25, 0.3) is 11.5 Å². The molecule has 1 aliphatic rings. The Hall–Kier alpha value is -3.39. The predicted molar refractivity (Wildman–Crippen MR) is 119 cm³/mol. The Morgan fingerprint density at radius 1 is 1.16 bits per heavy atom. The molecule has 0 spiro atoms. The molecule has 0 saturated heterocycles. The summed E-state index contributed by atoms with van der Waals surface area (Å²) in [6.45, 7) is 4.48. The van der Waals surface area contributed by atoms with Gasteiger partial charge in [-0.1, -0.05) is 42.1 Å². The number of thioether (sulfide) groups is 1. The summed E-state index contributed by atoms with van der Waals surface area (Å²) in [6.07, 6.45) is 1.68. The van der Waals surface area contributed by atoms with Crippen molar-refractivity contribution >= 4 is 17.7 Å². The average Bonchev–Trinajstić information content (AvgIpc) is 3.31. The number of primary amides is 1. The van der Waals surface area contributed by atoms with Crippen molar-refractivity contribution in [3.63, 3.8) is 0 Å². The minimum absolute atomic E-state index is 0.234. The number of hydrogen-bond donors (Lipinski definition) is 1. The van der Waals surface area contributed by atoms with Crippen molar-refractivity contribution in [3.8, 4) is 5.75 Å². The molecule has 160 valence electrons. The van der Waals surface area contributed by atoms with Crippen LogP contribution in [0, 0.1) is 6.92 Å². The van der Waals surface area contributed by atoms with Gasteiger partial charge in [0.05, 0.1) is 11.4 Å². The molecule has 31 heavy (non-hydrogen) atoms. The number of rotatable bonds is 7. The smallest absolute Gasteiger partial charge is 0.257 e. The molecule has 0 radical (unpaired) electrons. The lowest BCUT2D eigenvalue weighted by atomic mass is 10.2.